The van der Waals surface area contributed by atoms with Crippen LogP contribution >= 0.6 is 0 Å². The highest BCUT2D eigenvalue weighted by molar-refractivity contribution is 5.78. The molecule has 2 aromatic heterocycles. The summed E-state index contributed by atoms with van der Waals surface area (Å²) < 4.78 is 6.92. The van der Waals surface area contributed by atoms with Crippen LogP contribution < -0.4 is 0 Å². The van der Waals surface area contributed by atoms with E-state index in [1.807, 2.05) is 40.8 Å². The van der Waals surface area contributed by atoms with Crippen LogP contribution in [0.3, 0.4) is 0 Å². The first kappa shape index (κ1) is 14.7. The lowest BCUT2D eigenvalue weighted by Gasteiger charge is -2.24. The summed E-state index contributed by atoms with van der Waals surface area (Å²) in [5.74, 6) is 1.75. The lowest BCUT2D eigenvalue weighted by Crippen LogP contribution is -2.33. The van der Waals surface area contributed by atoms with Gasteiger partial charge in [-0.25, -0.2) is 9.97 Å². The minimum Gasteiger partial charge on any atom is -0.375 e. The minimum absolute atomic E-state index is 0.0241. The number of rotatable bonds is 4. The molecule has 0 saturated carbocycles. The number of carbonyl (C=O) groups excluding carboxylic acids is 1. The fraction of sp³-hybridized carbons (Fsp3) is 0.438. The second kappa shape index (κ2) is 6.27. The molecule has 2 aromatic rings. The van der Waals surface area contributed by atoms with Crippen molar-refractivity contribution >= 4 is 5.91 Å². The molecule has 6 heteroatoms. The smallest absolute Gasteiger partial charge is 0.249 e. The normalized spacial score (nSPS) is 17.9. The number of hydrogen-bond acceptors (Lipinski definition) is 4. The van der Waals surface area contributed by atoms with Crippen molar-refractivity contribution < 1.29 is 9.53 Å². The van der Waals surface area contributed by atoms with Gasteiger partial charge < -0.3 is 9.64 Å². The third-order valence-corrected chi connectivity index (χ3v) is 4.01. The maximum Gasteiger partial charge on any atom is 0.249 e. The van der Waals surface area contributed by atoms with Gasteiger partial charge in [0.2, 0.25) is 5.91 Å². The molecule has 0 bridgehead atoms. The predicted molar refractivity (Wildman–Crippen MR) is 81.7 cm³/mol. The summed E-state index contributed by atoms with van der Waals surface area (Å²) in [5.41, 5.74) is 0.924. The number of likely N-dealkylation sites (tertiary alicyclic amines) is 1. The van der Waals surface area contributed by atoms with E-state index in [1.54, 1.807) is 13.3 Å². The Kier molecular flexibility index (Phi) is 4.20. The third-order valence-electron chi connectivity index (χ3n) is 4.01. The van der Waals surface area contributed by atoms with Crippen LogP contribution in [-0.4, -0.2) is 45.6 Å². The lowest BCUT2D eigenvalue weighted by atomic mass is 10.1. The largest absolute Gasteiger partial charge is 0.375 e. The van der Waals surface area contributed by atoms with Crippen LogP contribution in [0.1, 0.15) is 30.4 Å². The first-order valence-corrected chi connectivity index (χ1v) is 7.46. The van der Waals surface area contributed by atoms with Crippen LogP contribution in [0, 0.1) is 6.92 Å². The van der Waals surface area contributed by atoms with Crippen molar-refractivity contribution in [3.63, 3.8) is 0 Å². The number of aromatic nitrogens is 3. The molecule has 3 heterocycles. The zero-order valence-corrected chi connectivity index (χ0v) is 12.9. The molecule has 1 saturated heterocycles. The third kappa shape index (κ3) is 2.74. The molecule has 1 aliphatic heterocycles. The van der Waals surface area contributed by atoms with Crippen molar-refractivity contribution in [2.75, 3.05) is 20.3 Å². The minimum atomic E-state index is 0.0241. The van der Waals surface area contributed by atoms with E-state index in [4.69, 9.17) is 9.72 Å². The monoisotopic (exact) mass is 300 g/mol. The van der Waals surface area contributed by atoms with Gasteiger partial charge >= 0.3 is 0 Å². The number of methoxy groups -OCH3 is 1. The van der Waals surface area contributed by atoms with E-state index in [0.29, 0.717) is 0 Å². The van der Waals surface area contributed by atoms with Crippen LogP contribution in [0.2, 0.25) is 0 Å². The molecule has 1 amide bonds. The molecule has 0 radical (unpaired) electrons. The summed E-state index contributed by atoms with van der Waals surface area (Å²) in [7, 11) is 1.55. The molecule has 1 fully saturated rings. The molecule has 1 atom stereocenters. The van der Waals surface area contributed by atoms with Gasteiger partial charge in [-0.15, -0.1) is 0 Å². The van der Waals surface area contributed by atoms with Crippen LogP contribution in [0.25, 0.3) is 5.82 Å². The Morgan fingerprint density at radius 3 is 3.05 bits per heavy atom. The Morgan fingerprint density at radius 2 is 2.32 bits per heavy atom. The number of aryl methyl sites for hydroxylation is 1. The predicted octanol–water partition coefficient (Wildman–Crippen LogP) is 1.89. The summed E-state index contributed by atoms with van der Waals surface area (Å²) in [4.78, 5) is 23.0. The second-order valence-electron chi connectivity index (χ2n) is 5.44. The number of nitrogens with zero attached hydrogens (tertiary/aromatic N) is 4. The second-order valence-corrected chi connectivity index (χ2v) is 5.44. The molecule has 116 valence electrons. The summed E-state index contributed by atoms with van der Waals surface area (Å²) in [6, 6.07) is 5.95. The van der Waals surface area contributed by atoms with E-state index in [1.165, 1.54) is 0 Å². The maximum atomic E-state index is 12.2. The Hall–Kier alpha value is -2.21. The zero-order valence-electron chi connectivity index (χ0n) is 12.9. The van der Waals surface area contributed by atoms with Gasteiger partial charge in [0.1, 0.15) is 18.2 Å². The van der Waals surface area contributed by atoms with Gasteiger partial charge in [0.05, 0.1) is 11.7 Å². The SMILES string of the molecule is COCC(=O)N1CCCC1c1cccc(-n2ccnc2C)n1. The molecular weight excluding hydrogens is 280 g/mol. The van der Waals surface area contributed by atoms with Crippen molar-refractivity contribution in [2.24, 2.45) is 0 Å². The maximum absolute atomic E-state index is 12.2. The highest BCUT2D eigenvalue weighted by atomic mass is 16.5. The van der Waals surface area contributed by atoms with Gasteiger partial charge in [-0.3, -0.25) is 9.36 Å². The van der Waals surface area contributed by atoms with Crippen LogP contribution in [0.5, 0.6) is 0 Å². The Balaban J connectivity index is 1.88. The Morgan fingerprint density at radius 1 is 1.45 bits per heavy atom. The highest BCUT2D eigenvalue weighted by Crippen LogP contribution is 2.31. The Labute approximate surface area is 129 Å². The average molecular weight is 300 g/mol. The fourth-order valence-electron chi connectivity index (χ4n) is 2.96. The van der Waals surface area contributed by atoms with Gasteiger partial charge in [-0.1, -0.05) is 6.07 Å². The number of hydrogen-bond donors (Lipinski definition) is 0. The van der Waals surface area contributed by atoms with Crippen LogP contribution in [0.4, 0.5) is 0 Å². The van der Waals surface area contributed by atoms with Crippen molar-refractivity contribution in [3.8, 4) is 5.82 Å². The number of pyridine rings is 1. The highest BCUT2D eigenvalue weighted by Gasteiger charge is 2.30. The van der Waals surface area contributed by atoms with E-state index >= 15 is 0 Å². The van der Waals surface area contributed by atoms with E-state index in [-0.39, 0.29) is 18.6 Å². The van der Waals surface area contributed by atoms with Crippen LogP contribution in [-0.2, 0) is 9.53 Å². The molecule has 0 aliphatic carbocycles. The van der Waals surface area contributed by atoms with Gasteiger partial charge in [-0.05, 0) is 31.9 Å². The van der Waals surface area contributed by atoms with E-state index in [9.17, 15) is 4.79 Å². The molecule has 0 spiro atoms. The summed E-state index contributed by atoms with van der Waals surface area (Å²) >= 11 is 0. The first-order chi connectivity index (χ1) is 10.7. The van der Waals surface area contributed by atoms with Crippen molar-refractivity contribution in [2.45, 2.75) is 25.8 Å². The number of amides is 1. The molecule has 6 nitrogen and oxygen atoms in total. The zero-order chi connectivity index (χ0) is 15.5. The molecule has 0 aromatic carbocycles. The van der Waals surface area contributed by atoms with Crippen molar-refractivity contribution in [3.05, 3.63) is 42.1 Å². The summed E-state index contributed by atoms with van der Waals surface area (Å²) in [6.07, 6.45) is 5.59. The van der Waals surface area contributed by atoms with E-state index < -0.39 is 0 Å². The van der Waals surface area contributed by atoms with E-state index in [0.717, 1.165) is 36.7 Å². The summed E-state index contributed by atoms with van der Waals surface area (Å²) in [5, 5.41) is 0. The lowest BCUT2D eigenvalue weighted by molar-refractivity contribution is -0.136. The standard InChI is InChI=1S/C16H20N4O2/c1-12-17-8-10-19(12)15-7-3-5-13(18-15)14-6-4-9-20(14)16(21)11-22-2/h3,5,7-8,10,14H,4,6,9,11H2,1-2H3. The topological polar surface area (TPSA) is 60.2 Å². The number of ether oxygens (including phenoxy) is 1. The quantitative estimate of drug-likeness (QED) is 0.865. The molecular formula is C16H20N4O2. The molecule has 1 unspecified atom stereocenters. The van der Waals surface area contributed by atoms with Gasteiger partial charge in [0, 0.05) is 26.0 Å². The summed E-state index contributed by atoms with van der Waals surface area (Å²) in [6.45, 7) is 2.83. The Bertz CT molecular complexity index is 668. The molecule has 3 rings (SSSR count). The van der Waals surface area contributed by atoms with Gasteiger partial charge in [0.15, 0.2) is 0 Å². The number of carbonyl (C=O) groups is 1. The van der Waals surface area contributed by atoms with E-state index in [2.05, 4.69) is 4.98 Å². The molecule has 1 aliphatic rings. The van der Waals surface area contributed by atoms with Crippen molar-refractivity contribution in [1.29, 1.82) is 0 Å². The fourth-order valence-corrected chi connectivity index (χ4v) is 2.96. The van der Waals surface area contributed by atoms with Gasteiger partial charge in [0.25, 0.3) is 0 Å². The van der Waals surface area contributed by atoms with Crippen molar-refractivity contribution in [1.82, 2.24) is 19.4 Å². The first-order valence-electron chi connectivity index (χ1n) is 7.46. The van der Waals surface area contributed by atoms with Crippen LogP contribution in [0.15, 0.2) is 30.6 Å². The molecule has 0 N–H and O–H groups in total. The average Bonchev–Trinajstić information content (AvgIpc) is 3.16. The molecule has 22 heavy (non-hydrogen) atoms. The van der Waals surface area contributed by atoms with Gasteiger partial charge in [-0.2, -0.15) is 0 Å². The number of imidazole rings is 1.